The van der Waals surface area contributed by atoms with E-state index in [0.717, 1.165) is 24.5 Å². The van der Waals surface area contributed by atoms with Gasteiger partial charge >= 0.3 is 6.03 Å². The van der Waals surface area contributed by atoms with Crippen molar-refractivity contribution >= 4 is 11.7 Å². The van der Waals surface area contributed by atoms with Crippen molar-refractivity contribution < 1.29 is 9.53 Å². The summed E-state index contributed by atoms with van der Waals surface area (Å²) in [6, 6.07) is 7.59. The van der Waals surface area contributed by atoms with Gasteiger partial charge in [-0.1, -0.05) is 6.07 Å². The number of nitrogens with zero attached hydrogens (tertiary/aromatic N) is 2. The zero-order valence-corrected chi connectivity index (χ0v) is 9.93. The molecule has 0 saturated carbocycles. The minimum absolute atomic E-state index is 0.338. The molecule has 0 aromatic heterocycles. The van der Waals surface area contributed by atoms with Gasteiger partial charge in [0.15, 0.2) is 0 Å². The van der Waals surface area contributed by atoms with Gasteiger partial charge < -0.3 is 20.3 Å². The number of methoxy groups -OCH3 is 1. The second-order valence-corrected chi connectivity index (χ2v) is 4.01. The van der Waals surface area contributed by atoms with Crippen LogP contribution < -0.4 is 15.4 Å². The second-order valence-electron chi connectivity index (χ2n) is 4.01. The van der Waals surface area contributed by atoms with E-state index in [-0.39, 0.29) is 6.03 Å². The fourth-order valence-corrected chi connectivity index (χ4v) is 1.99. The summed E-state index contributed by atoms with van der Waals surface area (Å²) < 4.78 is 5.19. The Morgan fingerprint density at radius 1 is 1.29 bits per heavy atom. The average molecular weight is 235 g/mol. The van der Waals surface area contributed by atoms with Crippen molar-refractivity contribution in [3.8, 4) is 5.75 Å². The molecule has 1 aliphatic rings. The van der Waals surface area contributed by atoms with Crippen LogP contribution in [-0.4, -0.2) is 44.2 Å². The largest absolute Gasteiger partial charge is 0.497 e. The number of hydrogen-bond acceptors (Lipinski definition) is 3. The summed E-state index contributed by atoms with van der Waals surface area (Å²) in [6.45, 7) is 2.95. The van der Waals surface area contributed by atoms with E-state index in [0.29, 0.717) is 13.1 Å². The molecule has 1 aromatic rings. The number of carbonyl (C=O) groups excluding carboxylic acids is 1. The highest BCUT2D eigenvalue weighted by Crippen LogP contribution is 2.21. The van der Waals surface area contributed by atoms with Crippen molar-refractivity contribution in [3.05, 3.63) is 24.3 Å². The fourth-order valence-electron chi connectivity index (χ4n) is 1.99. The number of ether oxygens (including phenoxy) is 1. The van der Waals surface area contributed by atoms with Crippen LogP contribution in [-0.2, 0) is 0 Å². The summed E-state index contributed by atoms with van der Waals surface area (Å²) in [5, 5.41) is 0. The molecule has 1 heterocycles. The first-order valence-corrected chi connectivity index (χ1v) is 5.64. The Bertz CT molecular complexity index is 400. The maximum absolute atomic E-state index is 11.0. The minimum Gasteiger partial charge on any atom is -0.497 e. The van der Waals surface area contributed by atoms with Crippen LogP contribution in [0.4, 0.5) is 10.5 Å². The Morgan fingerprint density at radius 2 is 2.00 bits per heavy atom. The molecule has 2 amide bonds. The van der Waals surface area contributed by atoms with Crippen molar-refractivity contribution in [2.75, 3.05) is 38.2 Å². The van der Waals surface area contributed by atoms with Crippen LogP contribution in [0, 0.1) is 0 Å². The molecule has 1 aliphatic heterocycles. The van der Waals surface area contributed by atoms with E-state index in [1.54, 1.807) is 12.0 Å². The van der Waals surface area contributed by atoms with E-state index in [4.69, 9.17) is 10.5 Å². The highest BCUT2D eigenvalue weighted by atomic mass is 16.5. The van der Waals surface area contributed by atoms with E-state index >= 15 is 0 Å². The van der Waals surface area contributed by atoms with Crippen LogP contribution in [0.2, 0.25) is 0 Å². The number of anilines is 1. The van der Waals surface area contributed by atoms with Gasteiger partial charge in [-0.25, -0.2) is 4.79 Å². The summed E-state index contributed by atoms with van der Waals surface area (Å²) in [5.74, 6) is 0.847. The summed E-state index contributed by atoms with van der Waals surface area (Å²) in [7, 11) is 1.66. The fraction of sp³-hybridized carbons (Fsp3) is 0.417. The molecular weight excluding hydrogens is 218 g/mol. The standard InChI is InChI=1S/C12H17N3O2/c1-17-11-4-2-3-10(9-11)14-5-7-15(8-6-14)12(13)16/h2-4,9H,5-8H2,1H3,(H2,13,16). The molecule has 0 radical (unpaired) electrons. The van der Waals surface area contributed by atoms with Crippen molar-refractivity contribution in [1.29, 1.82) is 0 Å². The molecular formula is C12H17N3O2. The lowest BCUT2D eigenvalue weighted by molar-refractivity contribution is 0.204. The van der Waals surface area contributed by atoms with Crippen LogP contribution in [0.3, 0.4) is 0 Å². The molecule has 17 heavy (non-hydrogen) atoms. The summed E-state index contributed by atoms with van der Waals surface area (Å²) in [4.78, 5) is 14.9. The maximum Gasteiger partial charge on any atom is 0.314 e. The first-order chi connectivity index (χ1) is 8.20. The number of rotatable bonds is 2. The smallest absolute Gasteiger partial charge is 0.314 e. The van der Waals surface area contributed by atoms with Gasteiger partial charge in [-0.2, -0.15) is 0 Å². The van der Waals surface area contributed by atoms with E-state index in [1.807, 2.05) is 24.3 Å². The predicted octanol–water partition coefficient (Wildman–Crippen LogP) is 0.896. The third-order valence-electron chi connectivity index (χ3n) is 3.01. The molecule has 0 unspecified atom stereocenters. The Kier molecular flexibility index (Phi) is 3.37. The molecule has 1 saturated heterocycles. The molecule has 1 fully saturated rings. The number of primary amides is 1. The number of nitrogens with two attached hydrogens (primary N) is 1. The third kappa shape index (κ3) is 2.61. The molecule has 0 spiro atoms. The number of benzene rings is 1. The lowest BCUT2D eigenvalue weighted by Crippen LogP contribution is -2.50. The number of piperazine rings is 1. The van der Waals surface area contributed by atoms with Crippen LogP contribution in [0.25, 0.3) is 0 Å². The molecule has 1 aromatic carbocycles. The van der Waals surface area contributed by atoms with Gasteiger partial charge in [0.25, 0.3) is 0 Å². The zero-order chi connectivity index (χ0) is 12.3. The highest BCUT2D eigenvalue weighted by Gasteiger charge is 2.19. The van der Waals surface area contributed by atoms with Crippen LogP contribution in [0.1, 0.15) is 0 Å². The summed E-state index contributed by atoms with van der Waals surface area (Å²) >= 11 is 0. The van der Waals surface area contributed by atoms with Crippen molar-refractivity contribution in [2.45, 2.75) is 0 Å². The van der Waals surface area contributed by atoms with Gasteiger partial charge in [-0.05, 0) is 12.1 Å². The monoisotopic (exact) mass is 235 g/mol. The van der Waals surface area contributed by atoms with Gasteiger partial charge in [-0.15, -0.1) is 0 Å². The van der Waals surface area contributed by atoms with Crippen molar-refractivity contribution in [1.82, 2.24) is 4.90 Å². The lowest BCUT2D eigenvalue weighted by atomic mass is 10.2. The van der Waals surface area contributed by atoms with E-state index in [9.17, 15) is 4.79 Å². The molecule has 0 bridgehead atoms. The molecule has 0 atom stereocenters. The predicted molar refractivity (Wildman–Crippen MR) is 66.4 cm³/mol. The number of hydrogen-bond donors (Lipinski definition) is 1. The topological polar surface area (TPSA) is 58.8 Å². The Balaban J connectivity index is 2.02. The highest BCUT2D eigenvalue weighted by molar-refractivity contribution is 5.72. The Hall–Kier alpha value is -1.91. The second kappa shape index (κ2) is 4.95. The quantitative estimate of drug-likeness (QED) is 0.828. The first kappa shape index (κ1) is 11.6. The normalized spacial score (nSPS) is 15.8. The summed E-state index contributed by atoms with van der Waals surface area (Å²) in [6.07, 6.45) is 0. The van der Waals surface area contributed by atoms with Gasteiger partial charge in [0.2, 0.25) is 0 Å². The van der Waals surface area contributed by atoms with Gasteiger partial charge in [0.1, 0.15) is 5.75 Å². The number of amides is 2. The number of urea groups is 1. The Labute approximate surface area is 101 Å². The molecule has 5 nitrogen and oxygen atoms in total. The van der Waals surface area contributed by atoms with Gasteiger partial charge in [-0.3, -0.25) is 0 Å². The maximum atomic E-state index is 11.0. The van der Waals surface area contributed by atoms with Crippen LogP contribution >= 0.6 is 0 Å². The number of carbonyl (C=O) groups is 1. The van der Waals surface area contributed by atoms with Gasteiger partial charge in [0, 0.05) is 37.9 Å². The first-order valence-electron chi connectivity index (χ1n) is 5.64. The SMILES string of the molecule is COc1cccc(N2CCN(C(N)=O)CC2)c1. The van der Waals surface area contributed by atoms with E-state index < -0.39 is 0 Å². The van der Waals surface area contributed by atoms with Crippen LogP contribution in [0.5, 0.6) is 5.75 Å². The average Bonchev–Trinajstić information content (AvgIpc) is 2.39. The molecule has 2 N–H and O–H groups in total. The van der Waals surface area contributed by atoms with E-state index in [1.165, 1.54) is 0 Å². The van der Waals surface area contributed by atoms with Gasteiger partial charge in [0.05, 0.1) is 7.11 Å². The zero-order valence-electron chi connectivity index (χ0n) is 9.93. The lowest BCUT2D eigenvalue weighted by Gasteiger charge is -2.35. The Morgan fingerprint density at radius 3 is 2.59 bits per heavy atom. The minimum atomic E-state index is -0.338. The molecule has 0 aliphatic carbocycles. The van der Waals surface area contributed by atoms with Crippen molar-refractivity contribution in [3.63, 3.8) is 0 Å². The molecule has 5 heteroatoms. The molecule has 2 rings (SSSR count). The molecule has 92 valence electrons. The summed E-state index contributed by atoms with van der Waals surface area (Å²) in [5.41, 5.74) is 6.36. The van der Waals surface area contributed by atoms with Crippen LogP contribution in [0.15, 0.2) is 24.3 Å². The van der Waals surface area contributed by atoms with Crippen molar-refractivity contribution in [2.24, 2.45) is 5.73 Å². The van der Waals surface area contributed by atoms with E-state index in [2.05, 4.69) is 4.90 Å². The third-order valence-corrected chi connectivity index (χ3v) is 3.01.